The summed E-state index contributed by atoms with van der Waals surface area (Å²) in [7, 11) is 4.94. The van der Waals surface area contributed by atoms with Crippen LogP contribution in [0.3, 0.4) is 0 Å². The predicted molar refractivity (Wildman–Crippen MR) is 92.8 cm³/mol. The van der Waals surface area contributed by atoms with Crippen LogP contribution in [-0.2, 0) is 16.0 Å². The van der Waals surface area contributed by atoms with Crippen LogP contribution < -0.4 is 5.32 Å². The summed E-state index contributed by atoms with van der Waals surface area (Å²) in [5.74, 6) is -0.134. The van der Waals surface area contributed by atoms with Gasteiger partial charge in [-0.1, -0.05) is 51.9 Å². The van der Waals surface area contributed by atoms with Crippen molar-refractivity contribution in [3.63, 3.8) is 0 Å². The third-order valence-electron chi connectivity index (χ3n) is 2.71. The van der Waals surface area contributed by atoms with Gasteiger partial charge in [0.05, 0.1) is 6.54 Å². The maximum Gasteiger partial charge on any atom is 0.321 e. The normalized spacial score (nSPS) is 12.0. The lowest BCUT2D eigenvalue weighted by molar-refractivity contribution is -0.139. The topological polar surface area (TPSA) is 66.4 Å². The van der Waals surface area contributed by atoms with Gasteiger partial charge < -0.3 is 5.11 Å². The first kappa shape index (κ1) is 18.4. The second-order valence-corrected chi connectivity index (χ2v) is 8.76. The quantitative estimate of drug-likeness (QED) is 0.472. The highest BCUT2D eigenvalue weighted by atomic mass is 33.5. The summed E-state index contributed by atoms with van der Waals surface area (Å²) in [6.45, 7) is 0.105. The molecule has 4 nitrogen and oxygen atoms in total. The summed E-state index contributed by atoms with van der Waals surface area (Å²) < 4.78 is 0. The van der Waals surface area contributed by atoms with Crippen LogP contribution in [0.2, 0.25) is 0 Å². The predicted octanol–water partition coefficient (Wildman–Crippen LogP) is 2.89. The summed E-state index contributed by atoms with van der Waals surface area (Å²) in [4.78, 5) is 22.9. The summed E-state index contributed by atoms with van der Waals surface area (Å²) in [6.07, 6.45) is 2.82. The zero-order valence-corrected chi connectivity index (χ0v) is 14.2. The number of hydrogen-bond acceptors (Lipinski definition) is 6. The number of carboxylic acids is 1. The molecule has 7 heteroatoms. The largest absolute Gasteiger partial charge is 0.480 e. The fourth-order valence-corrected chi connectivity index (χ4v) is 4.36. The van der Waals surface area contributed by atoms with Crippen molar-refractivity contribution < 1.29 is 14.7 Å². The molecule has 0 bridgehead atoms. The monoisotopic (exact) mass is 345 g/mol. The number of carbonyl (C=O) groups is 2. The molecule has 116 valence electrons. The number of nitrogens with one attached hydrogen (secondary N) is 1. The van der Waals surface area contributed by atoms with Gasteiger partial charge in [-0.05, 0) is 28.1 Å². The fraction of sp³-hybridized carbons (Fsp3) is 0.429. The molecule has 0 aliphatic carbocycles. The van der Waals surface area contributed by atoms with Gasteiger partial charge in [-0.25, -0.2) is 0 Å². The van der Waals surface area contributed by atoms with Gasteiger partial charge in [0.15, 0.2) is 0 Å². The molecule has 0 saturated heterocycles. The number of ketones is 1. The third-order valence-corrected chi connectivity index (χ3v) is 6.60. The van der Waals surface area contributed by atoms with E-state index in [9.17, 15) is 14.7 Å². The molecule has 1 aromatic carbocycles. The number of aliphatic carboxylic acids is 1. The van der Waals surface area contributed by atoms with Crippen LogP contribution in [0, 0.1) is 0 Å². The average Bonchev–Trinajstić information content (AvgIpc) is 2.48. The molecule has 0 radical (unpaired) electrons. The zero-order chi connectivity index (χ0) is 15.5. The van der Waals surface area contributed by atoms with Crippen LogP contribution in [0.15, 0.2) is 30.3 Å². The van der Waals surface area contributed by atoms with Crippen molar-refractivity contribution in [3.8, 4) is 0 Å². The molecular formula is C14H19NO3S3. The molecule has 0 aliphatic rings. The number of Topliss-reactive ketones (excluding diaryl/α,β-unsaturated/α-hetero) is 1. The van der Waals surface area contributed by atoms with Gasteiger partial charge in [-0.15, -0.1) is 0 Å². The molecule has 0 saturated carbocycles. The Morgan fingerprint density at radius 3 is 2.62 bits per heavy atom. The third kappa shape index (κ3) is 8.40. The van der Waals surface area contributed by atoms with E-state index < -0.39 is 12.0 Å². The molecule has 0 amide bonds. The Balaban J connectivity index is 2.34. The smallest absolute Gasteiger partial charge is 0.321 e. The lowest BCUT2D eigenvalue weighted by Gasteiger charge is -2.14. The minimum absolute atomic E-state index is 0.0449. The second-order valence-electron chi connectivity index (χ2n) is 4.31. The highest BCUT2D eigenvalue weighted by Crippen LogP contribution is 2.32. The molecule has 0 heterocycles. The molecule has 21 heavy (non-hydrogen) atoms. The van der Waals surface area contributed by atoms with Crippen molar-refractivity contribution in [1.29, 1.82) is 0 Å². The Bertz CT molecular complexity index is 442. The molecule has 2 N–H and O–H groups in total. The Kier molecular flexibility index (Phi) is 9.65. The lowest BCUT2D eigenvalue weighted by atomic mass is 10.1. The van der Waals surface area contributed by atoms with Crippen LogP contribution in [0.1, 0.15) is 12.0 Å². The Morgan fingerprint density at radius 1 is 1.29 bits per heavy atom. The molecule has 0 aliphatic heterocycles. The fourth-order valence-electron chi connectivity index (χ4n) is 1.66. The van der Waals surface area contributed by atoms with Crippen LogP contribution in [0.5, 0.6) is 0 Å². The van der Waals surface area contributed by atoms with E-state index >= 15 is 0 Å². The average molecular weight is 346 g/mol. The number of benzene rings is 1. The molecule has 0 spiro atoms. The highest BCUT2D eigenvalue weighted by Gasteiger charge is 2.18. The van der Waals surface area contributed by atoms with Crippen molar-refractivity contribution in [2.45, 2.75) is 18.9 Å². The Labute approximate surface area is 136 Å². The van der Waals surface area contributed by atoms with Gasteiger partial charge in [0.25, 0.3) is 0 Å². The number of carbonyl (C=O) groups excluding carboxylic acids is 1. The van der Waals surface area contributed by atoms with Gasteiger partial charge in [0, 0.05) is 12.2 Å². The molecular weight excluding hydrogens is 326 g/mol. The van der Waals surface area contributed by atoms with E-state index in [1.165, 1.54) is 0 Å². The maximum atomic E-state index is 11.7. The Morgan fingerprint density at radius 2 is 2.00 bits per heavy atom. The van der Waals surface area contributed by atoms with E-state index in [2.05, 4.69) is 5.32 Å². The van der Waals surface area contributed by atoms with Gasteiger partial charge in [-0.3, -0.25) is 14.9 Å². The van der Waals surface area contributed by atoms with E-state index in [4.69, 9.17) is 0 Å². The molecule has 1 rings (SSSR count). The van der Waals surface area contributed by atoms with Gasteiger partial charge >= 0.3 is 5.97 Å². The van der Waals surface area contributed by atoms with E-state index in [0.29, 0.717) is 12.8 Å². The lowest BCUT2D eigenvalue weighted by Crippen LogP contribution is -2.41. The molecule has 1 aromatic rings. The SMILES string of the molecule is CSSSCCC(=O)CN[C@@H](Cc1ccccc1)C(=O)O. The van der Waals surface area contributed by atoms with Crippen LogP contribution >= 0.6 is 31.4 Å². The van der Waals surface area contributed by atoms with Crippen molar-refractivity contribution in [2.24, 2.45) is 0 Å². The van der Waals surface area contributed by atoms with Gasteiger partial charge in [0.2, 0.25) is 0 Å². The molecule has 0 aromatic heterocycles. The summed E-state index contributed by atoms with van der Waals surface area (Å²) in [5, 5.41) is 12.0. The van der Waals surface area contributed by atoms with Crippen molar-refractivity contribution in [2.75, 3.05) is 18.6 Å². The van der Waals surface area contributed by atoms with E-state index in [-0.39, 0.29) is 12.3 Å². The van der Waals surface area contributed by atoms with E-state index in [1.54, 1.807) is 31.4 Å². The number of hydrogen-bond donors (Lipinski definition) is 2. The van der Waals surface area contributed by atoms with E-state index in [1.807, 2.05) is 36.6 Å². The van der Waals surface area contributed by atoms with E-state index in [0.717, 1.165) is 11.3 Å². The van der Waals surface area contributed by atoms with Crippen LogP contribution in [-0.4, -0.2) is 41.5 Å². The number of carboxylic acid groups (broad SMARTS) is 1. The van der Waals surface area contributed by atoms with Crippen molar-refractivity contribution in [1.82, 2.24) is 5.32 Å². The minimum Gasteiger partial charge on any atom is -0.480 e. The summed E-state index contributed by atoms with van der Waals surface area (Å²) in [6, 6.07) is 8.68. The molecule has 0 fully saturated rings. The number of rotatable bonds is 11. The second kappa shape index (κ2) is 11.0. The summed E-state index contributed by atoms with van der Waals surface area (Å²) in [5.41, 5.74) is 0.941. The zero-order valence-electron chi connectivity index (χ0n) is 11.8. The first-order chi connectivity index (χ1) is 10.1. The Hall–Kier alpha value is -0.630. The molecule has 1 atom stereocenters. The van der Waals surface area contributed by atoms with Crippen LogP contribution in [0.4, 0.5) is 0 Å². The standard InChI is InChI=1S/C14H19NO3S3/c1-19-21-20-8-7-12(16)10-15-13(14(17)18)9-11-5-3-2-4-6-11/h2-6,13,15H,7-10H2,1H3,(H,17,18)/t13-/m0/s1. The first-order valence-electron chi connectivity index (χ1n) is 6.47. The van der Waals surface area contributed by atoms with Gasteiger partial charge in [0.1, 0.15) is 11.8 Å². The van der Waals surface area contributed by atoms with Crippen LogP contribution in [0.25, 0.3) is 0 Å². The van der Waals surface area contributed by atoms with Crippen molar-refractivity contribution in [3.05, 3.63) is 35.9 Å². The maximum absolute atomic E-state index is 11.7. The highest BCUT2D eigenvalue weighted by molar-refractivity contribution is 9.09. The minimum atomic E-state index is -0.932. The van der Waals surface area contributed by atoms with Crippen molar-refractivity contribution >= 4 is 43.2 Å². The first-order valence-corrected chi connectivity index (χ1v) is 10.5. The summed E-state index contributed by atoms with van der Waals surface area (Å²) >= 11 is 0. The van der Waals surface area contributed by atoms with Gasteiger partial charge in [-0.2, -0.15) is 0 Å². The molecule has 0 unspecified atom stereocenters.